The van der Waals surface area contributed by atoms with Gasteiger partial charge in [0.05, 0.1) is 11.9 Å². The van der Waals surface area contributed by atoms with Crippen LogP contribution in [0.2, 0.25) is 5.15 Å². The van der Waals surface area contributed by atoms with Crippen molar-refractivity contribution >= 4 is 11.6 Å². The van der Waals surface area contributed by atoms with Gasteiger partial charge in [0.15, 0.2) is 5.15 Å². The standard InChI is InChI=1S/C8H6ClN3/c9-8-6-10-11-12(8)7-4-2-1-3-5-7/h1-6H. The number of para-hydroxylation sites is 1. The molecule has 0 atom stereocenters. The van der Waals surface area contributed by atoms with Crippen molar-refractivity contribution in [3.05, 3.63) is 41.7 Å². The molecule has 0 spiro atoms. The van der Waals surface area contributed by atoms with Gasteiger partial charge in [-0.3, -0.25) is 0 Å². The first-order valence-corrected chi connectivity index (χ1v) is 3.87. The largest absolute Gasteiger partial charge is 0.202 e. The van der Waals surface area contributed by atoms with E-state index in [4.69, 9.17) is 11.6 Å². The van der Waals surface area contributed by atoms with E-state index in [0.29, 0.717) is 5.15 Å². The van der Waals surface area contributed by atoms with Crippen LogP contribution in [-0.2, 0) is 0 Å². The fourth-order valence-corrected chi connectivity index (χ4v) is 1.14. The summed E-state index contributed by atoms with van der Waals surface area (Å²) in [5.41, 5.74) is 0.917. The maximum Gasteiger partial charge on any atom is 0.153 e. The SMILES string of the molecule is Clc1cnnn1-c1ccccc1. The van der Waals surface area contributed by atoms with Gasteiger partial charge >= 0.3 is 0 Å². The minimum Gasteiger partial charge on any atom is -0.202 e. The Hall–Kier alpha value is -1.35. The second-order valence-corrected chi connectivity index (χ2v) is 2.69. The van der Waals surface area contributed by atoms with E-state index in [-0.39, 0.29) is 0 Å². The first-order chi connectivity index (χ1) is 5.88. The maximum atomic E-state index is 5.81. The van der Waals surface area contributed by atoms with Gasteiger partial charge in [-0.15, -0.1) is 5.10 Å². The van der Waals surface area contributed by atoms with E-state index < -0.39 is 0 Å². The van der Waals surface area contributed by atoms with E-state index in [2.05, 4.69) is 10.3 Å². The molecular formula is C8H6ClN3. The van der Waals surface area contributed by atoms with Crippen LogP contribution >= 0.6 is 11.6 Å². The van der Waals surface area contributed by atoms with E-state index in [1.54, 1.807) is 4.68 Å². The van der Waals surface area contributed by atoms with Gasteiger partial charge < -0.3 is 0 Å². The normalized spacial score (nSPS) is 10.1. The smallest absolute Gasteiger partial charge is 0.153 e. The zero-order valence-electron chi connectivity index (χ0n) is 6.18. The van der Waals surface area contributed by atoms with Gasteiger partial charge in [0.25, 0.3) is 0 Å². The number of benzene rings is 1. The Bertz CT molecular complexity index is 369. The lowest BCUT2D eigenvalue weighted by atomic mass is 10.3. The van der Waals surface area contributed by atoms with Crippen LogP contribution in [0.25, 0.3) is 5.69 Å². The molecule has 4 heteroatoms. The molecule has 3 nitrogen and oxygen atoms in total. The molecule has 2 rings (SSSR count). The molecule has 0 aliphatic rings. The topological polar surface area (TPSA) is 30.7 Å². The number of hydrogen-bond donors (Lipinski definition) is 0. The highest BCUT2D eigenvalue weighted by molar-refractivity contribution is 6.29. The first-order valence-electron chi connectivity index (χ1n) is 3.49. The van der Waals surface area contributed by atoms with E-state index >= 15 is 0 Å². The third-order valence-electron chi connectivity index (χ3n) is 1.51. The zero-order valence-corrected chi connectivity index (χ0v) is 6.94. The van der Waals surface area contributed by atoms with Crippen molar-refractivity contribution in [1.82, 2.24) is 15.0 Å². The van der Waals surface area contributed by atoms with Gasteiger partial charge in [0.1, 0.15) is 0 Å². The molecule has 0 unspecified atom stereocenters. The fourth-order valence-electron chi connectivity index (χ4n) is 0.967. The monoisotopic (exact) mass is 179 g/mol. The van der Waals surface area contributed by atoms with Crippen LogP contribution in [0.3, 0.4) is 0 Å². The summed E-state index contributed by atoms with van der Waals surface area (Å²) in [6.45, 7) is 0. The summed E-state index contributed by atoms with van der Waals surface area (Å²) in [6.07, 6.45) is 1.51. The predicted molar refractivity (Wildman–Crippen MR) is 46.4 cm³/mol. The van der Waals surface area contributed by atoms with Gasteiger partial charge in [0.2, 0.25) is 0 Å². The Morgan fingerprint density at radius 1 is 1.17 bits per heavy atom. The molecule has 1 aromatic heterocycles. The van der Waals surface area contributed by atoms with Crippen LogP contribution in [0.15, 0.2) is 36.5 Å². The lowest BCUT2D eigenvalue weighted by Crippen LogP contribution is -1.95. The average Bonchev–Trinajstić information content (AvgIpc) is 2.53. The summed E-state index contributed by atoms with van der Waals surface area (Å²) in [4.78, 5) is 0. The molecule has 2 aromatic rings. The van der Waals surface area contributed by atoms with Crippen LogP contribution in [0, 0.1) is 0 Å². The Morgan fingerprint density at radius 2 is 1.92 bits per heavy atom. The summed E-state index contributed by atoms with van der Waals surface area (Å²) in [5.74, 6) is 0. The van der Waals surface area contributed by atoms with Crippen LogP contribution < -0.4 is 0 Å². The third-order valence-corrected chi connectivity index (χ3v) is 1.77. The average molecular weight is 180 g/mol. The second kappa shape index (κ2) is 2.95. The minimum absolute atomic E-state index is 0.515. The first kappa shape index (κ1) is 7.31. The molecule has 1 heterocycles. The molecule has 0 N–H and O–H groups in total. The van der Waals surface area contributed by atoms with E-state index in [0.717, 1.165) is 5.69 Å². The summed E-state index contributed by atoms with van der Waals surface area (Å²) in [5, 5.41) is 8.01. The minimum atomic E-state index is 0.515. The van der Waals surface area contributed by atoms with E-state index in [1.807, 2.05) is 30.3 Å². The summed E-state index contributed by atoms with van der Waals surface area (Å²) in [6, 6.07) is 9.62. The number of hydrogen-bond acceptors (Lipinski definition) is 2. The van der Waals surface area contributed by atoms with Crippen molar-refractivity contribution in [3.63, 3.8) is 0 Å². The third kappa shape index (κ3) is 1.19. The molecular weight excluding hydrogens is 174 g/mol. The van der Waals surface area contributed by atoms with Gasteiger partial charge in [-0.05, 0) is 12.1 Å². The molecule has 0 saturated heterocycles. The Balaban J connectivity index is 2.51. The molecule has 12 heavy (non-hydrogen) atoms. The molecule has 0 fully saturated rings. The predicted octanol–water partition coefficient (Wildman–Crippen LogP) is 1.92. The quantitative estimate of drug-likeness (QED) is 0.670. The highest BCUT2D eigenvalue weighted by Crippen LogP contribution is 2.11. The number of rotatable bonds is 1. The van der Waals surface area contributed by atoms with Gasteiger partial charge in [0, 0.05) is 0 Å². The van der Waals surface area contributed by atoms with Gasteiger partial charge in [-0.2, -0.15) is 0 Å². The summed E-state index contributed by atoms with van der Waals surface area (Å²) < 4.78 is 1.57. The van der Waals surface area contributed by atoms with Crippen LogP contribution in [-0.4, -0.2) is 15.0 Å². The lowest BCUT2D eigenvalue weighted by Gasteiger charge is -1.98. The highest BCUT2D eigenvalue weighted by atomic mass is 35.5. The molecule has 60 valence electrons. The number of nitrogens with zero attached hydrogens (tertiary/aromatic N) is 3. The van der Waals surface area contributed by atoms with Crippen molar-refractivity contribution in [3.8, 4) is 5.69 Å². The fraction of sp³-hybridized carbons (Fsp3) is 0. The van der Waals surface area contributed by atoms with E-state index in [1.165, 1.54) is 6.20 Å². The van der Waals surface area contributed by atoms with Crippen LogP contribution in [0.1, 0.15) is 0 Å². The van der Waals surface area contributed by atoms with Crippen molar-refractivity contribution in [1.29, 1.82) is 0 Å². The molecule has 0 aliphatic heterocycles. The Kier molecular flexibility index (Phi) is 1.80. The molecule has 0 saturated carbocycles. The van der Waals surface area contributed by atoms with Gasteiger partial charge in [-0.25, -0.2) is 4.68 Å². The molecule has 0 bridgehead atoms. The van der Waals surface area contributed by atoms with Crippen LogP contribution in [0.4, 0.5) is 0 Å². The van der Waals surface area contributed by atoms with Crippen molar-refractivity contribution in [2.24, 2.45) is 0 Å². The highest BCUT2D eigenvalue weighted by Gasteiger charge is 2.00. The van der Waals surface area contributed by atoms with Crippen molar-refractivity contribution < 1.29 is 0 Å². The molecule has 1 aromatic carbocycles. The van der Waals surface area contributed by atoms with E-state index in [9.17, 15) is 0 Å². The zero-order chi connectivity index (χ0) is 8.39. The second-order valence-electron chi connectivity index (χ2n) is 2.30. The Morgan fingerprint density at radius 3 is 2.50 bits per heavy atom. The maximum absolute atomic E-state index is 5.81. The van der Waals surface area contributed by atoms with Crippen molar-refractivity contribution in [2.45, 2.75) is 0 Å². The summed E-state index contributed by atoms with van der Waals surface area (Å²) >= 11 is 5.81. The van der Waals surface area contributed by atoms with Crippen molar-refractivity contribution in [2.75, 3.05) is 0 Å². The Labute approximate surface area is 74.6 Å². The number of halogens is 1. The van der Waals surface area contributed by atoms with Gasteiger partial charge in [-0.1, -0.05) is 35.0 Å². The molecule has 0 radical (unpaired) electrons. The molecule has 0 amide bonds. The summed E-state index contributed by atoms with van der Waals surface area (Å²) in [7, 11) is 0. The molecule has 0 aliphatic carbocycles. The lowest BCUT2D eigenvalue weighted by molar-refractivity contribution is 0.804. The van der Waals surface area contributed by atoms with Crippen LogP contribution in [0.5, 0.6) is 0 Å². The number of aromatic nitrogens is 3.